The summed E-state index contributed by atoms with van der Waals surface area (Å²) < 4.78 is 14.9. The topological polar surface area (TPSA) is 50.9 Å². The van der Waals surface area contributed by atoms with Crippen LogP contribution in [0.25, 0.3) is 11.4 Å². The molecular weight excluding hydrogens is 233 g/mol. The zero-order valence-corrected chi connectivity index (χ0v) is 9.88. The molecule has 2 aromatic rings. The van der Waals surface area contributed by atoms with Crippen molar-refractivity contribution in [3.63, 3.8) is 0 Å². The third kappa shape index (κ3) is 1.90. The van der Waals surface area contributed by atoms with Gasteiger partial charge in [0.1, 0.15) is 11.6 Å². The van der Waals surface area contributed by atoms with E-state index in [1.807, 2.05) is 4.57 Å². The summed E-state index contributed by atoms with van der Waals surface area (Å²) in [5.41, 5.74) is 0.855. The van der Waals surface area contributed by atoms with E-state index in [0.717, 1.165) is 36.6 Å². The van der Waals surface area contributed by atoms with Crippen LogP contribution in [-0.4, -0.2) is 26.5 Å². The second kappa shape index (κ2) is 4.49. The van der Waals surface area contributed by atoms with E-state index in [9.17, 15) is 9.50 Å². The molecule has 0 saturated carbocycles. The molecule has 0 bridgehead atoms. The Morgan fingerprint density at radius 2 is 2.06 bits per heavy atom. The van der Waals surface area contributed by atoms with Crippen LogP contribution in [0.1, 0.15) is 12.2 Å². The van der Waals surface area contributed by atoms with Crippen LogP contribution in [0, 0.1) is 11.7 Å². The smallest absolute Gasteiger partial charge is 0.163 e. The number of rotatable bonds is 2. The van der Waals surface area contributed by atoms with Crippen molar-refractivity contribution in [2.75, 3.05) is 6.61 Å². The predicted molar refractivity (Wildman–Crippen MR) is 64.3 cm³/mol. The Kier molecular flexibility index (Phi) is 2.83. The van der Waals surface area contributed by atoms with E-state index >= 15 is 0 Å². The van der Waals surface area contributed by atoms with Crippen LogP contribution in [0.5, 0.6) is 0 Å². The molecular formula is C13H14FN3O. The lowest BCUT2D eigenvalue weighted by Crippen LogP contribution is -2.23. The van der Waals surface area contributed by atoms with Gasteiger partial charge in [-0.2, -0.15) is 0 Å². The van der Waals surface area contributed by atoms with Crippen molar-refractivity contribution in [2.45, 2.75) is 19.4 Å². The maximum absolute atomic E-state index is 12.9. The number of aliphatic hydroxyl groups excluding tert-OH is 1. The average Bonchev–Trinajstić information content (AvgIpc) is 2.82. The van der Waals surface area contributed by atoms with Gasteiger partial charge in [0.25, 0.3) is 0 Å². The molecule has 0 fully saturated rings. The monoisotopic (exact) mass is 247 g/mol. The standard InChI is InChI=1S/C13H14FN3O/c14-11-4-2-10(3-5-11)13-16-15-12-6-1-9(8-18)7-17(12)13/h2-5,9,18H,1,6-8H2. The zero-order chi connectivity index (χ0) is 12.5. The van der Waals surface area contributed by atoms with Crippen molar-refractivity contribution < 1.29 is 9.50 Å². The first-order chi connectivity index (χ1) is 8.78. The van der Waals surface area contributed by atoms with E-state index in [1.165, 1.54) is 12.1 Å². The molecule has 2 heterocycles. The Bertz CT molecular complexity index is 550. The van der Waals surface area contributed by atoms with Crippen molar-refractivity contribution in [1.29, 1.82) is 0 Å². The van der Waals surface area contributed by atoms with Gasteiger partial charge in [-0.1, -0.05) is 0 Å². The highest BCUT2D eigenvalue weighted by Gasteiger charge is 2.22. The molecule has 3 rings (SSSR count). The third-order valence-corrected chi connectivity index (χ3v) is 3.40. The minimum absolute atomic E-state index is 0.181. The van der Waals surface area contributed by atoms with Crippen LogP contribution in [0.15, 0.2) is 24.3 Å². The highest BCUT2D eigenvalue weighted by atomic mass is 19.1. The molecule has 0 aliphatic carbocycles. The van der Waals surface area contributed by atoms with Gasteiger partial charge in [-0.25, -0.2) is 4.39 Å². The largest absolute Gasteiger partial charge is 0.396 e. The van der Waals surface area contributed by atoms with Crippen LogP contribution in [0.2, 0.25) is 0 Å². The average molecular weight is 247 g/mol. The number of nitrogens with zero attached hydrogens (tertiary/aromatic N) is 3. The summed E-state index contributed by atoms with van der Waals surface area (Å²) in [4.78, 5) is 0. The molecule has 4 nitrogen and oxygen atoms in total. The van der Waals surface area contributed by atoms with Crippen LogP contribution in [0.3, 0.4) is 0 Å². The maximum atomic E-state index is 12.9. The number of aryl methyl sites for hydroxylation is 1. The quantitative estimate of drug-likeness (QED) is 0.877. The Labute approximate surface area is 104 Å². The van der Waals surface area contributed by atoms with Crippen molar-refractivity contribution in [1.82, 2.24) is 14.8 Å². The summed E-state index contributed by atoms with van der Waals surface area (Å²) in [6.07, 6.45) is 1.78. The van der Waals surface area contributed by atoms with E-state index in [2.05, 4.69) is 10.2 Å². The summed E-state index contributed by atoms with van der Waals surface area (Å²) in [6, 6.07) is 6.25. The van der Waals surface area contributed by atoms with Gasteiger partial charge in [0.15, 0.2) is 5.82 Å². The van der Waals surface area contributed by atoms with Gasteiger partial charge in [0.05, 0.1) is 0 Å². The molecule has 0 amide bonds. The van der Waals surface area contributed by atoms with E-state index in [-0.39, 0.29) is 18.3 Å². The lowest BCUT2D eigenvalue weighted by molar-refractivity contribution is 0.191. The van der Waals surface area contributed by atoms with Crippen molar-refractivity contribution in [3.05, 3.63) is 35.9 Å². The first kappa shape index (κ1) is 11.3. The first-order valence-corrected chi connectivity index (χ1v) is 6.07. The van der Waals surface area contributed by atoms with Crippen molar-refractivity contribution >= 4 is 0 Å². The van der Waals surface area contributed by atoms with Gasteiger partial charge in [0.2, 0.25) is 0 Å². The van der Waals surface area contributed by atoms with Crippen LogP contribution in [0.4, 0.5) is 4.39 Å². The highest BCUT2D eigenvalue weighted by molar-refractivity contribution is 5.55. The van der Waals surface area contributed by atoms with Gasteiger partial charge < -0.3 is 9.67 Å². The molecule has 1 aliphatic heterocycles. The molecule has 18 heavy (non-hydrogen) atoms. The number of benzene rings is 1. The summed E-state index contributed by atoms with van der Waals surface area (Å²) >= 11 is 0. The number of aromatic nitrogens is 3. The molecule has 1 atom stereocenters. The second-order valence-corrected chi connectivity index (χ2v) is 4.64. The molecule has 0 radical (unpaired) electrons. The van der Waals surface area contributed by atoms with E-state index in [1.54, 1.807) is 12.1 Å². The third-order valence-electron chi connectivity index (χ3n) is 3.40. The minimum atomic E-state index is -0.259. The van der Waals surface area contributed by atoms with Gasteiger partial charge in [-0.3, -0.25) is 0 Å². The number of hydrogen-bond acceptors (Lipinski definition) is 3. The summed E-state index contributed by atoms with van der Waals surface area (Å²) in [6.45, 7) is 0.909. The van der Waals surface area contributed by atoms with E-state index < -0.39 is 0 Å². The molecule has 1 unspecified atom stereocenters. The van der Waals surface area contributed by atoms with Gasteiger partial charge >= 0.3 is 0 Å². The van der Waals surface area contributed by atoms with Crippen LogP contribution >= 0.6 is 0 Å². The lowest BCUT2D eigenvalue weighted by Gasteiger charge is -2.22. The van der Waals surface area contributed by atoms with Gasteiger partial charge in [-0.15, -0.1) is 10.2 Å². The Balaban J connectivity index is 1.99. The van der Waals surface area contributed by atoms with Gasteiger partial charge in [-0.05, 0) is 30.7 Å². The van der Waals surface area contributed by atoms with Crippen LogP contribution < -0.4 is 0 Å². The normalized spacial score (nSPS) is 18.7. The van der Waals surface area contributed by atoms with Crippen molar-refractivity contribution in [3.8, 4) is 11.4 Å². The van der Waals surface area contributed by atoms with Crippen molar-refractivity contribution in [2.24, 2.45) is 5.92 Å². The second-order valence-electron chi connectivity index (χ2n) is 4.64. The molecule has 1 aromatic heterocycles. The molecule has 1 aromatic carbocycles. The SMILES string of the molecule is OCC1CCc2nnc(-c3ccc(F)cc3)n2C1. The summed E-state index contributed by atoms with van der Waals surface area (Å²) in [5.74, 6) is 1.69. The fourth-order valence-electron chi connectivity index (χ4n) is 2.36. The summed E-state index contributed by atoms with van der Waals surface area (Å²) in [7, 11) is 0. The molecule has 94 valence electrons. The molecule has 0 saturated heterocycles. The number of fused-ring (bicyclic) bond motifs is 1. The number of hydrogen-bond donors (Lipinski definition) is 1. The van der Waals surface area contributed by atoms with E-state index in [4.69, 9.17) is 0 Å². The predicted octanol–water partition coefficient (Wildman–Crippen LogP) is 1.64. The maximum Gasteiger partial charge on any atom is 0.163 e. The lowest BCUT2D eigenvalue weighted by atomic mass is 10.00. The van der Waals surface area contributed by atoms with Gasteiger partial charge in [0, 0.05) is 31.1 Å². The zero-order valence-electron chi connectivity index (χ0n) is 9.88. The Morgan fingerprint density at radius 1 is 1.28 bits per heavy atom. The van der Waals surface area contributed by atoms with Crippen LogP contribution in [-0.2, 0) is 13.0 Å². The van der Waals surface area contributed by atoms with E-state index in [0.29, 0.717) is 0 Å². The highest BCUT2D eigenvalue weighted by Crippen LogP contribution is 2.25. The molecule has 0 spiro atoms. The molecule has 1 aliphatic rings. The Hall–Kier alpha value is -1.75. The minimum Gasteiger partial charge on any atom is -0.396 e. The summed E-state index contributed by atoms with van der Waals surface area (Å²) in [5, 5.41) is 17.6. The first-order valence-electron chi connectivity index (χ1n) is 6.07. The fourth-order valence-corrected chi connectivity index (χ4v) is 2.36. The fraction of sp³-hybridized carbons (Fsp3) is 0.385. The number of aliphatic hydroxyl groups is 1. The Morgan fingerprint density at radius 3 is 2.78 bits per heavy atom. The number of halogens is 1. The molecule has 1 N–H and O–H groups in total. The molecule has 5 heteroatoms.